The number of benzene rings is 1. The van der Waals surface area contributed by atoms with Crippen molar-refractivity contribution in [2.24, 2.45) is 0 Å². The smallest absolute Gasteiger partial charge is 0.220 e. The van der Waals surface area contributed by atoms with Gasteiger partial charge >= 0.3 is 0 Å². The molecule has 90 valence electrons. The van der Waals surface area contributed by atoms with Crippen LogP contribution in [0.25, 0.3) is 0 Å². The third-order valence-corrected chi connectivity index (χ3v) is 2.74. The monoisotopic (exact) mass is 281 g/mol. The van der Waals surface area contributed by atoms with E-state index < -0.39 is 0 Å². The predicted molar refractivity (Wildman–Crippen MR) is 70.7 cm³/mol. The van der Waals surface area contributed by atoms with Gasteiger partial charge in [-0.05, 0) is 31.0 Å². The molecule has 0 aliphatic rings. The number of rotatable bonds is 4. The number of amides is 1. The molecule has 1 aromatic rings. The molecule has 0 aliphatic heterocycles. The lowest BCUT2D eigenvalue weighted by molar-refractivity contribution is -0.120. The van der Waals surface area contributed by atoms with Gasteiger partial charge in [-0.15, -0.1) is 12.4 Å². The van der Waals surface area contributed by atoms with Crippen LogP contribution in [-0.4, -0.2) is 12.5 Å². The summed E-state index contributed by atoms with van der Waals surface area (Å²) in [4.78, 5) is 11.2. The molecule has 0 heterocycles. The summed E-state index contributed by atoms with van der Waals surface area (Å²) in [6, 6.07) is 5.42. The lowest BCUT2D eigenvalue weighted by atomic mass is 10.1. The Morgan fingerprint density at radius 2 is 2.00 bits per heavy atom. The highest BCUT2D eigenvalue weighted by Gasteiger charge is 2.03. The third kappa shape index (κ3) is 5.06. The van der Waals surface area contributed by atoms with Crippen LogP contribution in [0.1, 0.15) is 18.9 Å². The van der Waals surface area contributed by atoms with Crippen molar-refractivity contribution >= 4 is 41.5 Å². The van der Waals surface area contributed by atoms with Crippen LogP contribution in [-0.2, 0) is 11.2 Å². The van der Waals surface area contributed by atoms with Gasteiger partial charge in [-0.25, -0.2) is 0 Å². The third-order valence-electron chi connectivity index (χ3n) is 2.00. The van der Waals surface area contributed by atoms with Gasteiger partial charge in [0.05, 0.1) is 10.0 Å². The van der Waals surface area contributed by atoms with Crippen LogP contribution in [0.4, 0.5) is 0 Å². The highest BCUT2D eigenvalue weighted by molar-refractivity contribution is 6.42. The van der Waals surface area contributed by atoms with Gasteiger partial charge < -0.3 is 5.32 Å². The molecular weight excluding hydrogens is 268 g/mol. The van der Waals surface area contributed by atoms with E-state index in [1.165, 1.54) is 0 Å². The van der Waals surface area contributed by atoms with E-state index >= 15 is 0 Å². The topological polar surface area (TPSA) is 29.1 Å². The summed E-state index contributed by atoms with van der Waals surface area (Å²) < 4.78 is 0. The molecule has 0 atom stereocenters. The van der Waals surface area contributed by atoms with Crippen LogP contribution >= 0.6 is 35.6 Å². The van der Waals surface area contributed by atoms with Gasteiger partial charge in [0.25, 0.3) is 0 Å². The van der Waals surface area contributed by atoms with Gasteiger partial charge in [0.1, 0.15) is 0 Å². The fourth-order valence-corrected chi connectivity index (χ4v) is 1.56. The van der Waals surface area contributed by atoms with Crippen LogP contribution in [0.15, 0.2) is 18.2 Å². The van der Waals surface area contributed by atoms with E-state index in [-0.39, 0.29) is 18.3 Å². The van der Waals surface area contributed by atoms with Crippen molar-refractivity contribution in [1.29, 1.82) is 0 Å². The van der Waals surface area contributed by atoms with Gasteiger partial charge in [-0.1, -0.05) is 29.3 Å². The fraction of sp³-hybridized carbons (Fsp3) is 0.364. The highest BCUT2D eigenvalue weighted by Crippen LogP contribution is 2.23. The normalized spacial score (nSPS) is 9.44. The summed E-state index contributed by atoms with van der Waals surface area (Å²) in [5.74, 6) is 0.0589. The summed E-state index contributed by atoms with van der Waals surface area (Å²) in [7, 11) is 0. The molecule has 0 bridgehead atoms. The summed E-state index contributed by atoms with van der Waals surface area (Å²) in [6.07, 6.45) is 1.16. The van der Waals surface area contributed by atoms with Crippen molar-refractivity contribution in [1.82, 2.24) is 5.32 Å². The molecule has 1 amide bonds. The van der Waals surface area contributed by atoms with E-state index in [9.17, 15) is 4.79 Å². The summed E-state index contributed by atoms with van der Waals surface area (Å²) in [5, 5.41) is 3.82. The Morgan fingerprint density at radius 3 is 2.56 bits per heavy atom. The van der Waals surface area contributed by atoms with Gasteiger partial charge in [-0.2, -0.15) is 0 Å². The number of aryl methyl sites for hydroxylation is 1. The summed E-state index contributed by atoms with van der Waals surface area (Å²) >= 11 is 11.6. The van der Waals surface area contributed by atoms with Gasteiger partial charge in [-0.3, -0.25) is 4.79 Å². The van der Waals surface area contributed by atoms with Gasteiger partial charge in [0.15, 0.2) is 0 Å². The Kier molecular flexibility index (Phi) is 7.56. The van der Waals surface area contributed by atoms with Crippen LogP contribution in [0, 0.1) is 0 Å². The van der Waals surface area contributed by atoms with Crippen molar-refractivity contribution in [3.8, 4) is 0 Å². The summed E-state index contributed by atoms with van der Waals surface area (Å²) in [6.45, 7) is 2.57. The molecule has 5 heteroatoms. The first-order valence-corrected chi connectivity index (χ1v) is 5.59. The lowest BCUT2D eigenvalue weighted by Gasteiger charge is -2.03. The maximum Gasteiger partial charge on any atom is 0.220 e. The average Bonchev–Trinajstić information content (AvgIpc) is 2.20. The number of hydrogen-bond acceptors (Lipinski definition) is 1. The molecule has 0 saturated heterocycles. The second-order valence-corrected chi connectivity index (χ2v) is 4.02. The molecule has 0 spiro atoms. The van der Waals surface area contributed by atoms with Gasteiger partial charge in [0.2, 0.25) is 5.91 Å². The molecule has 0 fully saturated rings. The van der Waals surface area contributed by atoms with Crippen LogP contribution in [0.3, 0.4) is 0 Å². The van der Waals surface area contributed by atoms with Crippen LogP contribution in [0.5, 0.6) is 0 Å². The molecule has 1 N–H and O–H groups in total. The highest BCUT2D eigenvalue weighted by atomic mass is 35.5. The standard InChI is InChI=1S/C11H13Cl2NO.ClH/c1-2-14-11(15)6-4-8-3-5-9(12)10(13)7-8;/h3,5,7H,2,4,6H2,1H3,(H,14,15);1H. The largest absolute Gasteiger partial charge is 0.356 e. The number of nitrogens with one attached hydrogen (secondary N) is 1. The van der Waals surface area contributed by atoms with Crippen LogP contribution < -0.4 is 5.32 Å². The van der Waals surface area contributed by atoms with E-state index in [1.54, 1.807) is 12.1 Å². The zero-order chi connectivity index (χ0) is 11.3. The molecule has 0 saturated carbocycles. The minimum atomic E-state index is 0. The predicted octanol–water partition coefficient (Wildman–Crippen LogP) is 3.48. The Morgan fingerprint density at radius 1 is 1.31 bits per heavy atom. The molecule has 0 aromatic heterocycles. The lowest BCUT2D eigenvalue weighted by Crippen LogP contribution is -2.22. The molecule has 0 unspecified atom stereocenters. The maximum atomic E-state index is 11.2. The quantitative estimate of drug-likeness (QED) is 0.900. The zero-order valence-corrected chi connectivity index (χ0v) is 11.3. The van der Waals surface area contributed by atoms with E-state index in [1.807, 2.05) is 13.0 Å². The van der Waals surface area contributed by atoms with Crippen molar-refractivity contribution in [3.05, 3.63) is 33.8 Å². The SMILES string of the molecule is CCNC(=O)CCc1ccc(Cl)c(Cl)c1.Cl. The first-order chi connectivity index (χ1) is 7.13. The molecule has 2 nitrogen and oxygen atoms in total. The average molecular weight is 283 g/mol. The second-order valence-electron chi connectivity index (χ2n) is 3.20. The molecule has 1 rings (SSSR count). The molecule has 0 aliphatic carbocycles. The molecule has 1 aromatic carbocycles. The Labute approximate surface area is 112 Å². The zero-order valence-electron chi connectivity index (χ0n) is 8.93. The molecule has 0 radical (unpaired) electrons. The van der Waals surface area contributed by atoms with E-state index in [0.29, 0.717) is 29.4 Å². The number of carbonyl (C=O) groups is 1. The Balaban J connectivity index is 0.00000225. The van der Waals surface area contributed by atoms with Crippen molar-refractivity contribution in [3.63, 3.8) is 0 Å². The maximum absolute atomic E-state index is 11.2. The van der Waals surface area contributed by atoms with Crippen molar-refractivity contribution < 1.29 is 4.79 Å². The van der Waals surface area contributed by atoms with Gasteiger partial charge in [0, 0.05) is 13.0 Å². The summed E-state index contributed by atoms with van der Waals surface area (Å²) in [5.41, 5.74) is 1.02. The molecular formula is C11H14Cl3NO. The Bertz CT molecular complexity index is 355. The number of hydrogen-bond donors (Lipinski definition) is 1. The fourth-order valence-electron chi connectivity index (χ4n) is 1.24. The second kappa shape index (κ2) is 7.77. The minimum absolute atomic E-state index is 0. The number of carbonyl (C=O) groups excluding carboxylic acids is 1. The van der Waals surface area contributed by atoms with E-state index in [2.05, 4.69) is 5.32 Å². The number of halogens is 3. The van der Waals surface area contributed by atoms with E-state index in [0.717, 1.165) is 5.56 Å². The first kappa shape index (κ1) is 15.6. The van der Waals surface area contributed by atoms with Crippen molar-refractivity contribution in [2.75, 3.05) is 6.54 Å². The Hall–Kier alpha value is -0.440. The van der Waals surface area contributed by atoms with Crippen LogP contribution in [0.2, 0.25) is 10.0 Å². The minimum Gasteiger partial charge on any atom is -0.356 e. The molecule has 16 heavy (non-hydrogen) atoms. The van der Waals surface area contributed by atoms with E-state index in [4.69, 9.17) is 23.2 Å². The van der Waals surface area contributed by atoms with Crippen molar-refractivity contribution in [2.45, 2.75) is 19.8 Å². The first-order valence-electron chi connectivity index (χ1n) is 4.84.